The summed E-state index contributed by atoms with van der Waals surface area (Å²) in [6, 6.07) is 3.91. The summed E-state index contributed by atoms with van der Waals surface area (Å²) in [5.41, 5.74) is 0.937. The molecule has 1 unspecified atom stereocenters. The summed E-state index contributed by atoms with van der Waals surface area (Å²) in [6.45, 7) is 3.72. The fourth-order valence-electron chi connectivity index (χ4n) is 1.51. The number of nitrogens with zero attached hydrogens (tertiary/aromatic N) is 1. The molecule has 1 saturated heterocycles. The minimum atomic E-state index is 0.171. The van der Waals surface area contributed by atoms with Crippen molar-refractivity contribution < 1.29 is 9.47 Å². The van der Waals surface area contributed by atoms with Crippen LogP contribution in [0, 0.1) is 0 Å². The maximum Gasteiger partial charge on any atom is 0.0933 e. The zero-order chi connectivity index (χ0) is 11.2. The van der Waals surface area contributed by atoms with Gasteiger partial charge in [0, 0.05) is 23.8 Å². The Morgan fingerprint density at radius 1 is 1.56 bits per heavy atom. The number of pyridine rings is 1. The molecular weight excluding hydrogens is 272 g/mol. The van der Waals surface area contributed by atoms with Crippen molar-refractivity contribution in [3.8, 4) is 0 Å². The van der Waals surface area contributed by atoms with Crippen LogP contribution in [0.5, 0.6) is 0 Å². The molecule has 5 heteroatoms. The molecule has 0 bridgehead atoms. The molecule has 1 atom stereocenters. The SMILES string of the molecule is Brc1ccc(COCC2CNCCO2)nc1. The van der Waals surface area contributed by atoms with Gasteiger partial charge in [-0.3, -0.25) is 4.98 Å². The molecule has 1 N–H and O–H groups in total. The summed E-state index contributed by atoms with van der Waals surface area (Å²) in [5.74, 6) is 0. The summed E-state index contributed by atoms with van der Waals surface area (Å²) in [7, 11) is 0. The van der Waals surface area contributed by atoms with Gasteiger partial charge in [0.2, 0.25) is 0 Å². The van der Waals surface area contributed by atoms with Gasteiger partial charge in [0.1, 0.15) is 0 Å². The number of halogens is 1. The normalized spacial score (nSPS) is 20.9. The molecule has 88 valence electrons. The average molecular weight is 287 g/mol. The second kappa shape index (κ2) is 6.30. The van der Waals surface area contributed by atoms with Crippen molar-refractivity contribution in [2.75, 3.05) is 26.3 Å². The summed E-state index contributed by atoms with van der Waals surface area (Å²) in [6.07, 6.45) is 1.95. The first-order chi connectivity index (χ1) is 7.84. The van der Waals surface area contributed by atoms with Gasteiger partial charge in [-0.15, -0.1) is 0 Å². The van der Waals surface area contributed by atoms with Gasteiger partial charge in [0.05, 0.1) is 31.6 Å². The van der Waals surface area contributed by atoms with Crippen molar-refractivity contribution in [3.05, 3.63) is 28.5 Å². The van der Waals surface area contributed by atoms with E-state index in [1.54, 1.807) is 6.20 Å². The van der Waals surface area contributed by atoms with Crippen LogP contribution in [-0.4, -0.2) is 37.4 Å². The van der Waals surface area contributed by atoms with Crippen molar-refractivity contribution in [2.24, 2.45) is 0 Å². The molecule has 0 amide bonds. The van der Waals surface area contributed by atoms with E-state index in [1.165, 1.54) is 0 Å². The number of ether oxygens (including phenoxy) is 2. The van der Waals surface area contributed by atoms with E-state index in [0.717, 1.165) is 29.9 Å². The minimum absolute atomic E-state index is 0.171. The van der Waals surface area contributed by atoms with E-state index >= 15 is 0 Å². The van der Waals surface area contributed by atoms with Crippen molar-refractivity contribution in [3.63, 3.8) is 0 Å². The van der Waals surface area contributed by atoms with Gasteiger partial charge in [-0.1, -0.05) is 0 Å². The van der Waals surface area contributed by atoms with Crippen LogP contribution >= 0.6 is 15.9 Å². The third kappa shape index (κ3) is 3.83. The van der Waals surface area contributed by atoms with Crippen LogP contribution < -0.4 is 5.32 Å². The number of morpholine rings is 1. The van der Waals surface area contributed by atoms with Crippen LogP contribution in [0.25, 0.3) is 0 Å². The molecular formula is C11H15BrN2O2. The number of hydrogen-bond donors (Lipinski definition) is 1. The lowest BCUT2D eigenvalue weighted by Crippen LogP contribution is -2.40. The van der Waals surface area contributed by atoms with Crippen molar-refractivity contribution in [1.82, 2.24) is 10.3 Å². The van der Waals surface area contributed by atoms with Crippen LogP contribution in [0.3, 0.4) is 0 Å². The molecule has 1 aromatic rings. The molecule has 0 spiro atoms. The van der Waals surface area contributed by atoms with E-state index in [9.17, 15) is 0 Å². The Bertz CT molecular complexity index is 312. The molecule has 0 radical (unpaired) electrons. The Kier molecular flexibility index (Phi) is 4.71. The van der Waals surface area contributed by atoms with E-state index < -0.39 is 0 Å². The van der Waals surface area contributed by atoms with Crippen LogP contribution in [0.1, 0.15) is 5.69 Å². The first kappa shape index (κ1) is 12.0. The molecule has 2 rings (SSSR count). The molecule has 1 aromatic heterocycles. The number of nitrogens with one attached hydrogen (secondary N) is 1. The topological polar surface area (TPSA) is 43.4 Å². The molecule has 1 aliphatic rings. The van der Waals surface area contributed by atoms with Crippen molar-refractivity contribution in [2.45, 2.75) is 12.7 Å². The Balaban J connectivity index is 1.69. The third-order valence-electron chi connectivity index (χ3n) is 2.35. The van der Waals surface area contributed by atoms with E-state index in [1.807, 2.05) is 12.1 Å². The number of rotatable bonds is 4. The number of aromatic nitrogens is 1. The largest absolute Gasteiger partial charge is 0.373 e. The smallest absolute Gasteiger partial charge is 0.0933 e. The summed E-state index contributed by atoms with van der Waals surface area (Å²) >= 11 is 3.34. The molecule has 2 heterocycles. The van der Waals surface area contributed by atoms with Gasteiger partial charge in [-0.05, 0) is 28.1 Å². The fraction of sp³-hybridized carbons (Fsp3) is 0.545. The van der Waals surface area contributed by atoms with Crippen molar-refractivity contribution >= 4 is 15.9 Å². The lowest BCUT2D eigenvalue weighted by molar-refractivity contribution is -0.0363. The second-order valence-electron chi connectivity index (χ2n) is 3.68. The predicted molar refractivity (Wildman–Crippen MR) is 64.2 cm³/mol. The number of hydrogen-bond acceptors (Lipinski definition) is 4. The van der Waals surface area contributed by atoms with Crippen molar-refractivity contribution in [1.29, 1.82) is 0 Å². The third-order valence-corrected chi connectivity index (χ3v) is 2.82. The molecule has 4 nitrogen and oxygen atoms in total. The molecule has 0 saturated carbocycles. The van der Waals surface area contributed by atoms with Crippen LogP contribution in [0.4, 0.5) is 0 Å². The van der Waals surface area contributed by atoms with E-state index in [2.05, 4.69) is 26.2 Å². The fourth-order valence-corrected chi connectivity index (χ4v) is 1.75. The Morgan fingerprint density at radius 2 is 2.50 bits per heavy atom. The second-order valence-corrected chi connectivity index (χ2v) is 4.60. The molecule has 0 aromatic carbocycles. The molecule has 1 aliphatic heterocycles. The maximum absolute atomic E-state index is 5.56. The highest BCUT2D eigenvalue weighted by molar-refractivity contribution is 9.10. The van der Waals surface area contributed by atoms with E-state index in [-0.39, 0.29) is 6.10 Å². The lowest BCUT2D eigenvalue weighted by atomic mass is 10.3. The molecule has 16 heavy (non-hydrogen) atoms. The van der Waals surface area contributed by atoms with E-state index in [4.69, 9.17) is 9.47 Å². The quantitative estimate of drug-likeness (QED) is 0.908. The van der Waals surface area contributed by atoms with Gasteiger partial charge in [-0.25, -0.2) is 0 Å². The first-order valence-electron chi connectivity index (χ1n) is 5.35. The zero-order valence-electron chi connectivity index (χ0n) is 8.99. The summed E-state index contributed by atoms with van der Waals surface area (Å²) in [5, 5.41) is 3.26. The summed E-state index contributed by atoms with van der Waals surface area (Å²) in [4.78, 5) is 4.23. The molecule has 1 fully saturated rings. The van der Waals surface area contributed by atoms with Crippen LogP contribution in [0.15, 0.2) is 22.8 Å². The minimum Gasteiger partial charge on any atom is -0.373 e. The Labute approximate surface area is 103 Å². The van der Waals surface area contributed by atoms with Crippen LogP contribution in [0.2, 0.25) is 0 Å². The first-order valence-corrected chi connectivity index (χ1v) is 6.14. The predicted octanol–water partition coefficient (Wildman–Crippen LogP) is 1.35. The Morgan fingerprint density at radius 3 is 3.19 bits per heavy atom. The highest BCUT2D eigenvalue weighted by atomic mass is 79.9. The summed E-state index contributed by atoms with van der Waals surface area (Å²) < 4.78 is 12.1. The Hall–Kier alpha value is -0.490. The van der Waals surface area contributed by atoms with Gasteiger partial charge < -0.3 is 14.8 Å². The van der Waals surface area contributed by atoms with E-state index in [0.29, 0.717) is 13.2 Å². The highest BCUT2D eigenvalue weighted by Crippen LogP contribution is 2.08. The van der Waals surface area contributed by atoms with Gasteiger partial charge in [-0.2, -0.15) is 0 Å². The van der Waals surface area contributed by atoms with Crippen LogP contribution in [-0.2, 0) is 16.1 Å². The zero-order valence-corrected chi connectivity index (χ0v) is 10.6. The lowest BCUT2D eigenvalue weighted by Gasteiger charge is -2.23. The monoisotopic (exact) mass is 286 g/mol. The molecule has 0 aliphatic carbocycles. The standard InChI is InChI=1S/C11H15BrN2O2/c12-9-1-2-10(14-5-9)7-15-8-11-6-13-3-4-16-11/h1-2,5,11,13H,3-4,6-8H2. The van der Waals surface area contributed by atoms with Gasteiger partial charge in [0.15, 0.2) is 0 Å². The maximum atomic E-state index is 5.56. The highest BCUT2D eigenvalue weighted by Gasteiger charge is 2.12. The van der Waals surface area contributed by atoms with Gasteiger partial charge in [0.25, 0.3) is 0 Å². The average Bonchev–Trinajstić information content (AvgIpc) is 2.33. The van der Waals surface area contributed by atoms with Gasteiger partial charge >= 0.3 is 0 Å².